The number of carbonyl (C=O) groups excluding carboxylic acids is 1. The summed E-state index contributed by atoms with van der Waals surface area (Å²) < 4.78 is 31.4. The number of hydrogen-bond acceptors (Lipinski definition) is 4. The van der Waals surface area contributed by atoms with Crippen molar-refractivity contribution in [1.29, 1.82) is 0 Å². The Morgan fingerprint density at radius 2 is 1.86 bits per heavy atom. The van der Waals surface area contributed by atoms with Gasteiger partial charge in [-0.2, -0.15) is 12.7 Å². The lowest BCUT2D eigenvalue weighted by molar-refractivity contribution is -0.114. The van der Waals surface area contributed by atoms with Crippen LogP contribution in [0.15, 0.2) is 24.3 Å². The van der Waals surface area contributed by atoms with Gasteiger partial charge in [-0.15, -0.1) is 0 Å². The molecule has 0 saturated heterocycles. The molecular weight excluding hydrogens is 304 g/mol. The Kier molecular flexibility index (Phi) is 5.42. The van der Waals surface area contributed by atoms with Gasteiger partial charge < -0.3 is 9.50 Å². The largest absolute Gasteiger partial charge is 0.385 e. The van der Waals surface area contributed by atoms with E-state index in [1.165, 1.54) is 17.3 Å². The number of carbonyl (C=O) groups is 1. The van der Waals surface area contributed by atoms with Crippen molar-refractivity contribution in [3.05, 3.63) is 24.3 Å². The third kappa shape index (κ3) is 4.20. The summed E-state index contributed by atoms with van der Waals surface area (Å²) in [5, 5.41) is 2.57. The minimum absolute atomic E-state index is 0.0216. The Hall–Kier alpha value is -1.60. The van der Waals surface area contributed by atoms with Crippen LogP contribution in [-0.4, -0.2) is 31.7 Å². The number of hydrogen-bond donors (Lipinski definition) is 1. The van der Waals surface area contributed by atoms with Crippen LogP contribution >= 0.6 is 0 Å². The zero-order chi connectivity index (χ0) is 16.2. The number of anilines is 1. The zero-order valence-electron chi connectivity index (χ0n) is 12.9. The van der Waals surface area contributed by atoms with Crippen LogP contribution in [0.2, 0.25) is 0 Å². The van der Waals surface area contributed by atoms with E-state index in [0.717, 1.165) is 32.1 Å². The summed E-state index contributed by atoms with van der Waals surface area (Å²) in [7, 11) is -2.34. The van der Waals surface area contributed by atoms with Crippen molar-refractivity contribution >= 4 is 21.9 Å². The Bertz CT molecular complexity index is 624. The van der Waals surface area contributed by atoms with Crippen LogP contribution < -0.4 is 9.50 Å². The molecular formula is C15H22N2O4S. The summed E-state index contributed by atoms with van der Waals surface area (Å²) in [5.41, 5.74) is 0.343. The van der Waals surface area contributed by atoms with Gasteiger partial charge in [-0.3, -0.25) is 4.79 Å². The average Bonchev–Trinajstić information content (AvgIpc) is 2.48. The molecule has 1 aliphatic rings. The molecule has 0 aromatic heterocycles. The molecule has 1 aromatic rings. The summed E-state index contributed by atoms with van der Waals surface area (Å²) in [6.07, 6.45) is 4.93. The quantitative estimate of drug-likeness (QED) is 0.902. The Morgan fingerprint density at radius 1 is 1.23 bits per heavy atom. The fraction of sp³-hybridized carbons (Fsp3) is 0.533. The first-order valence-corrected chi connectivity index (χ1v) is 8.81. The van der Waals surface area contributed by atoms with Crippen LogP contribution in [0.4, 0.5) is 5.69 Å². The van der Waals surface area contributed by atoms with E-state index in [-0.39, 0.29) is 17.7 Å². The highest BCUT2D eigenvalue weighted by Crippen LogP contribution is 2.28. The van der Waals surface area contributed by atoms with Gasteiger partial charge in [-0.1, -0.05) is 31.4 Å². The number of para-hydroxylation sites is 2. The smallest absolute Gasteiger partial charge is 0.369 e. The van der Waals surface area contributed by atoms with Crippen LogP contribution in [0, 0.1) is 0 Å². The molecule has 1 fully saturated rings. The highest BCUT2D eigenvalue weighted by Gasteiger charge is 2.29. The van der Waals surface area contributed by atoms with Gasteiger partial charge in [0.25, 0.3) is 0 Å². The molecule has 0 bridgehead atoms. The van der Waals surface area contributed by atoms with Crippen molar-refractivity contribution in [1.82, 2.24) is 4.31 Å². The molecule has 0 spiro atoms. The van der Waals surface area contributed by atoms with Gasteiger partial charge in [0.2, 0.25) is 5.91 Å². The Labute approximate surface area is 131 Å². The van der Waals surface area contributed by atoms with Crippen LogP contribution in [0.5, 0.6) is 5.75 Å². The molecule has 1 saturated carbocycles. The second-order valence-electron chi connectivity index (χ2n) is 5.53. The van der Waals surface area contributed by atoms with Crippen molar-refractivity contribution in [2.24, 2.45) is 0 Å². The molecule has 0 aliphatic heterocycles. The first kappa shape index (κ1) is 16.8. The summed E-state index contributed by atoms with van der Waals surface area (Å²) in [5.74, 6) is -0.158. The Morgan fingerprint density at radius 3 is 2.50 bits per heavy atom. The van der Waals surface area contributed by atoms with E-state index in [0.29, 0.717) is 5.69 Å². The second kappa shape index (κ2) is 7.11. The van der Waals surface area contributed by atoms with E-state index in [1.54, 1.807) is 25.2 Å². The summed E-state index contributed by atoms with van der Waals surface area (Å²) in [6, 6.07) is 6.48. The number of rotatable bonds is 5. The van der Waals surface area contributed by atoms with Crippen LogP contribution in [-0.2, 0) is 15.1 Å². The normalized spacial score (nSPS) is 16.5. The number of benzene rings is 1. The maximum Gasteiger partial charge on any atom is 0.385 e. The topological polar surface area (TPSA) is 75.7 Å². The fourth-order valence-electron chi connectivity index (χ4n) is 2.63. The number of amides is 1. The fourth-order valence-corrected chi connectivity index (χ4v) is 3.70. The van der Waals surface area contributed by atoms with Crippen molar-refractivity contribution < 1.29 is 17.4 Å². The van der Waals surface area contributed by atoms with Gasteiger partial charge in [0.05, 0.1) is 5.69 Å². The zero-order valence-corrected chi connectivity index (χ0v) is 13.7. The molecule has 1 N–H and O–H groups in total. The van der Waals surface area contributed by atoms with E-state index in [1.807, 2.05) is 0 Å². The van der Waals surface area contributed by atoms with E-state index in [2.05, 4.69) is 5.32 Å². The van der Waals surface area contributed by atoms with Gasteiger partial charge >= 0.3 is 10.3 Å². The first-order valence-electron chi connectivity index (χ1n) is 7.44. The number of nitrogens with one attached hydrogen (secondary N) is 1. The van der Waals surface area contributed by atoms with E-state index >= 15 is 0 Å². The van der Waals surface area contributed by atoms with E-state index in [4.69, 9.17) is 4.18 Å². The van der Waals surface area contributed by atoms with Crippen LogP contribution in [0.1, 0.15) is 39.0 Å². The molecule has 2 rings (SSSR count). The predicted octanol–water partition coefficient (Wildman–Crippen LogP) is 2.53. The van der Waals surface area contributed by atoms with E-state index in [9.17, 15) is 13.2 Å². The summed E-state index contributed by atoms with van der Waals surface area (Å²) in [4.78, 5) is 11.2. The molecule has 0 heterocycles. The minimum Gasteiger partial charge on any atom is -0.369 e. The lowest BCUT2D eigenvalue weighted by Gasteiger charge is -2.29. The van der Waals surface area contributed by atoms with Crippen molar-refractivity contribution in [3.8, 4) is 5.75 Å². The van der Waals surface area contributed by atoms with Crippen molar-refractivity contribution in [2.45, 2.75) is 45.1 Å². The molecule has 1 aromatic carbocycles. The van der Waals surface area contributed by atoms with Gasteiger partial charge in [0, 0.05) is 20.0 Å². The third-order valence-corrected chi connectivity index (χ3v) is 5.23. The van der Waals surface area contributed by atoms with Crippen LogP contribution in [0.25, 0.3) is 0 Å². The molecule has 6 nitrogen and oxygen atoms in total. The van der Waals surface area contributed by atoms with Crippen molar-refractivity contribution in [3.63, 3.8) is 0 Å². The molecule has 1 amide bonds. The highest BCUT2D eigenvalue weighted by atomic mass is 32.2. The molecule has 1 aliphatic carbocycles. The molecule has 0 unspecified atom stereocenters. The molecule has 22 heavy (non-hydrogen) atoms. The molecule has 7 heteroatoms. The highest BCUT2D eigenvalue weighted by molar-refractivity contribution is 7.84. The average molecular weight is 326 g/mol. The maximum absolute atomic E-state index is 12.4. The molecule has 0 radical (unpaired) electrons. The first-order chi connectivity index (χ1) is 10.4. The van der Waals surface area contributed by atoms with Crippen molar-refractivity contribution in [2.75, 3.05) is 12.4 Å². The lowest BCUT2D eigenvalue weighted by atomic mass is 9.96. The van der Waals surface area contributed by atoms with Gasteiger partial charge in [0.15, 0.2) is 5.75 Å². The minimum atomic E-state index is -3.89. The number of nitrogens with zero attached hydrogens (tertiary/aromatic N) is 1. The summed E-state index contributed by atoms with van der Waals surface area (Å²) >= 11 is 0. The predicted molar refractivity (Wildman–Crippen MR) is 84.9 cm³/mol. The molecule has 122 valence electrons. The Balaban J connectivity index is 2.16. The third-order valence-electron chi connectivity index (χ3n) is 3.83. The molecule has 0 atom stereocenters. The lowest BCUT2D eigenvalue weighted by Crippen LogP contribution is -2.40. The maximum atomic E-state index is 12.4. The summed E-state index contributed by atoms with van der Waals surface area (Å²) in [6.45, 7) is 1.36. The monoisotopic (exact) mass is 326 g/mol. The van der Waals surface area contributed by atoms with Gasteiger partial charge in [0.1, 0.15) is 0 Å². The second-order valence-corrected chi connectivity index (χ2v) is 7.12. The van der Waals surface area contributed by atoms with Crippen LogP contribution in [0.3, 0.4) is 0 Å². The van der Waals surface area contributed by atoms with Gasteiger partial charge in [-0.05, 0) is 25.0 Å². The standard InChI is InChI=1S/C15H22N2O4S/c1-12(18)16-14-10-6-7-11-15(14)21-22(19,20)17(2)13-8-4-3-5-9-13/h6-7,10-11,13H,3-5,8-9H2,1-2H3,(H,16,18). The van der Waals surface area contributed by atoms with Gasteiger partial charge in [-0.25, -0.2) is 0 Å². The van der Waals surface area contributed by atoms with E-state index < -0.39 is 10.3 Å². The SMILES string of the molecule is CC(=O)Nc1ccccc1OS(=O)(=O)N(C)C1CCCCC1.